The number of rotatable bonds is 3. The van der Waals surface area contributed by atoms with Gasteiger partial charge >= 0.3 is 5.97 Å². The SMILES string of the molecule is CN(c1c(C(=O)O)cnc2c1cnn2C)C1CCNCC1. The molecule has 0 spiro atoms. The number of nitrogens with one attached hydrogen (secondary N) is 1. The van der Waals surface area contributed by atoms with Crippen LogP contribution in [0.15, 0.2) is 12.4 Å². The molecule has 0 amide bonds. The van der Waals surface area contributed by atoms with E-state index in [1.54, 1.807) is 10.9 Å². The lowest BCUT2D eigenvalue weighted by atomic mass is 10.0. The quantitative estimate of drug-likeness (QED) is 0.872. The minimum absolute atomic E-state index is 0.233. The monoisotopic (exact) mass is 289 g/mol. The van der Waals surface area contributed by atoms with Gasteiger partial charge in [-0.05, 0) is 25.9 Å². The van der Waals surface area contributed by atoms with Crippen LogP contribution in [0.2, 0.25) is 0 Å². The second-order valence-electron chi connectivity index (χ2n) is 5.42. The molecule has 0 aromatic carbocycles. The van der Waals surface area contributed by atoms with Gasteiger partial charge in [0.25, 0.3) is 0 Å². The number of aromatic carboxylic acids is 1. The van der Waals surface area contributed by atoms with Crippen molar-refractivity contribution in [3.63, 3.8) is 0 Å². The van der Waals surface area contributed by atoms with Crippen LogP contribution in [-0.4, -0.2) is 52.0 Å². The summed E-state index contributed by atoms with van der Waals surface area (Å²) < 4.78 is 1.67. The Morgan fingerprint density at radius 3 is 2.81 bits per heavy atom. The Balaban J connectivity index is 2.13. The molecule has 7 heteroatoms. The van der Waals surface area contributed by atoms with Crippen molar-refractivity contribution in [2.45, 2.75) is 18.9 Å². The van der Waals surface area contributed by atoms with Crippen molar-refractivity contribution in [2.24, 2.45) is 7.05 Å². The molecule has 0 radical (unpaired) electrons. The molecule has 1 fully saturated rings. The lowest BCUT2D eigenvalue weighted by Crippen LogP contribution is -2.41. The zero-order valence-electron chi connectivity index (χ0n) is 12.2. The predicted octanol–water partition coefficient (Wildman–Crippen LogP) is 0.855. The normalized spacial score (nSPS) is 16.3. The number of hydrogen-bond donors (Lipinski definition) is 2. The lowest BCUT2D eigenvalue weighted by Gasteiger charge is -2.34. The second kappa shape index (κ2) is 5.33. The van der Waals surface area contributed by atoms with Gasteiger partial charge in [-0.25, -0.2) is 9.78 Å². The molecule has 3 rings (SSSR count). The Hall–Kier alpha value is -2.15. The van der Waals surface area contributed by atoms with Crippen molar-refractivity contribution in [3.05, 3.63) is 18.0 Å². The molecule has 2 aromatic rings. The van der Waals surface area contributed by atoms with Crippen molar-refractivity contribution in [1.29, 1.82) is 0 Å². The van der Waals surface area contributed by atoms with Gasteiger partial charge in [-0.1, -0.05) is 0 Å². The maximum atomic E-state index is 11.6. The zero-order valence-corrected chi connectivity index (χ0v) is 12.2. The van der Waals surface area contributed by atoms with Crippen LogP contribution in [0.5, 0.6) is 0 Å². The van der Waals surface area contributed by atoms with E-state index in [2.05, 4.69) is 20.3 Å². The molecule has 1 aliphatic rings. The molecular formula is C14H19N5O2. The summed E-state index contributed by atoms with van der Waals surface area (Å²) >= 11 is 0. The van der Waals surface area contributed by atoms with E-state index in [9.17, 15) is 9.90 Å². The van der Waals surface area contributed by atoms with Gasteiger partial charge < -0.3 is 15.3 Å². The van der Waals surface area contributed by atoms with Crippen LogP contribution in [-0.2, 0) is 7.05 Å². The number of piperidine rings is 1. The number of carbonyl (C=O) groups is 1. The van der Waals surface area contributed by atoms with E-state index in [-0.39, 0.29) is 5.56 Å². The van der Waals surface area contributed by atoms with E-state index in [1.165, 1.54) is 6.20 Å². The number of aromatic nitrogens is 3. The summed E-state index contributed by atoms with van der Waals surface area (Å²) in [6, 6.07) is 0.329. The minimum Gasteiger partial charge on any atom is -0.478 e. The number of anilines is 1. The molecule has 7 nitrogen and oxygen atoms in total. The molecule has 0 unspecified atom stereocenters. The van der Waals surface area contributed by atoms with Gasteiger partial charge in [0.1, 0.15) is 5.56 Å². The summed E-state index contributed by atoms with van der Waals surface area (Å²) in [5.74, 6) is -0.955. The van der Waals surface area contributed by atoms with Gasteiger partial charge in [0, 0.05) is 26.3 Å². The minimum atomic E-state index is -0.955. The molecule has 0 aliphatic carbocycles. The number of hydrogen-bond acceptors (Lipinski definition) is 5. The Kier molecular flexibility index (Phi) is 3.50. The van der Waals surface area contributed by atoms with Gasteiger partial charge in [0.15, 0.2) is 5.65 Å². The van der Waals surface area contributed by atoms with Crippen molar-refractivity contribution >= 4 is 22.7 Å². The van der Waals surface area contributed by atoms with Gasteiger partial charge in [0.2, 0.25) is 0 Å². The summed E-state index contributed by atoms with van der Waals surface area (Å²) in [5.41, 5.74) is 1.65. The number of aryl methyl sites for hydroxylation is 1. The first-order valence-corrected chi connectivity index (χ1v) is 7.07. The van der Waals surface area contributed by atoms with Crippen LogP contribution in [0.25, 0.3) is 11.0 Å². The highest BCUT2D eigenvalue weighted by Crippen LogP contribution is 2.31. The van der Waals surface area contributed by atoms with Crippen molar-refractivity contribution in [1.82, 2.24) is 20.1 Å². The molecule has 2 N–H and O–H groups in total. The molecular weight excluding hydrogens is 270 g/mol. The molecule has 1 saturated heterocycles. The lowest BCUT2D eigenvalue weighted by molar-refractivity contribution is 0.0697. The average molecular weight is 289 g/mol. The third-order valence-corrected chi connectivity index (χ3v) is 4.17. The third kappa shape index (κ3) is 2.33. The first-order chi connectivity index (χ1) is 10.1. The van der Waals surface area contributed by atoms with Gasteiger partial charge in [-0.15, -0.1) is 0 Å². The topological polar surface area (TPSA) is 83.3 Å². The molecule has 3 heterocycles. The number of nitrogens with zero attached hydrogens (tertiary/aromatic N) is 4. The van der Waals surface area contributed by atoms with Crippen LogP contribution in [0.4, 0.5) is 5.69 Å². The molecule has 1 aliphatic heterocycles. The van der Waals surface area contributed by atoms with Gasteiger partial charge in [-0.3, -0.25) is 4.68 Å². The van der Waals surface area contributed by atoms with Crippen LogP contribution in [0.3, 0.4) is 0 Å². The zero-order chi connectivity index (χ0) is 15.0. The highest BCUT2D eigenvalue weighted by Gasteiger charge is 2.25. The smallest absolute Gasteiger partial charge is 0.339 e. The largest absolute Gasteiger partial charge is 0.478 e. The summed E-state index contributed by atoms with van der Waals surface area (Å²) in [4.78, 5) is 17.9. The van der Waals surface area contributed by atoms with Crippen LogP contribution in [0.1, 0.15) is 23.2 Å². The fourth-order valence-electron chi connectivity index (χ4n) is 3.00. The first-order valence-electron chi connectivity index (χ1n) is 7.07. The molecule has 0 saturated carbocycles. The standard InChI is InChI=1S/C14H19N5O2/c1-18(9-3-5-15-6-4-9)12-10-8-17-19(2)13(10)16-7-11(12)14(20)21/h7-9,15H,3-6H2,1-2H3,(H,20,21). The average Bonchev–Trinajstić information content (AvgIpc) is 2.88. The highest BCUT2D eigenvalue weighted by atomic mass is 16.4. The summed E-state index contributed by atoms with van der Waals surface area (Å²) in [5, 5.41) is 17.8. The molecule has 0 atom stereocenters. The number of carboxylic acid groups (broad SMARTS) is 1. The first kappa shape index (κ1) is 13.8. The molecule has 2 aromatic heterocycles. The fraction of sp³-hybridized carbons (Fsp3) is 0.500. The third-order valence-electron chi connectivity index (χ3n) is 4.17. The van der Waals surface area contributed by atoms with Gasteiger partial charge in [0.05, 0.1) is 17.3 Å². The maximum absolute atomic E-state index is 11.6. The maximum Gasteiger partial charge on any atom is 0.339 e. The summed E-state index contributed by atoms with van der Waals surface area (Å²) in [6.07, 6.45) is 5.13. The Morgan fingerprint density at radius 1 is 1.43 bits per heavy atom. The number of fused-ring (bicyclic) bond motifs is 1. The Labute approximate surface area is 122 Å². The fourth-order valence-corrected chi connectivity index (χ4v) is 3.00. The second-order valence-corrected chi connectivity index (χ2v) is 5.42. The Bertz CT molecular complexity index is 675. The molecule has 21 heavy (non-hydrogen) atoms. The van der Waals surface area contributed by atoms with Crippen LogP contribution >= 0.6 is 0 Å². The van der Waals surface area contributed by atoms with E-state index < -0.39 is 5.97 Å². The molecule has 112 valence electrons. The van der Waals surface area contributed by atoms with Crippen LogP contribution in [0, 0.1) is 0 Å². The molecule has 0 bridgehead atoms. The number of carboxylic acids is 1. The summed E-state index contributed by atoms with van der Waals surface area (Å²) in [7, 11) is 3.77. The van der Waals surface area contributed by atoms with Gasteiger partial charge in [-0.2, -0.15) is 5.10 Å². The van der Waals surface area contributed by atoms with E-state index in [0.29, 0.717) is 17.4 Å². The van der Waals surface area contributed by atoms with Crippen LogP contribution < -0.4 is 10.2 Å². The Morgan fingerprint density at radius 2 is 2.14 bits per heavy atom. The van der Waals surface area contributed by atoms with E-state index >= 15 is 0 Å². The van der Waals surface area contributed by atoms with E-state index in [1.807, 2.05) is 14.1 Å². The van der Waals surface area contributed by atoms with Crippen molar-refractivity contribution in [2.75, 3.05) is 25.0 Å². The number of pyridine rings is 1. The predicted molar refractivity (Wildman–Crippen MR) is 79.8 cm³/mol. The van der Waals surface area contributed by atoms with Crippen molar-refractivity contribution in [3.8, 4) is 0 Å². The van der Waals surface area contributed by atoms with Crippen molar-refractivity contribution < 1.29 is 9.90 Å². The van der Waals surface area contributed by atoms with E-state index in [4.69, 9.17) is 0 Å². The highest BCUT2D eigenvalue weighted by molar-refractivity contribution is 6.03. The summed E-state index contributed by atoms with van der Waals surface area (Å²) in [6.45, 7) is 1.91. The van der Waals surface area contributed by atoms with E-state index in [0.717, 1.165) is 31.3 Å².